The minimum Gasteiger partial charge on any atom is -0.465 e. The maximum atomic E-state index is 12.1. The molecule has 0 fully saturated rings. The Hall–Kier alpha value is -0.650. The molecule has 0 aliphatic carbocycles. The summed E-state index contributed by atoms with van der Waals surface area (Å²) in [5, 5.41) is 3.21. The summed E-state index contributed by atoms with van der Waals surface area (Å²) in [4.78, 5) is 12.1. The van der Waals surface area contributed by atoms with Gasteiger partial charge in [0.05, 0.1) is 25.4 Å². The van der Waals surface area contributed by atoms with Crippen LogP contribution in [0.1, 0.15) is 48.0 Å². The molecule has 120 valence electrons. The summed E-state index contributed by atoms with van der Waals surface area (Å²) in [7, 11) is 0. The Bertz CT molecular complexity index is 273. The van der Waals surface area contributed by atoms with Crippen LogP contribution in [0.15, 0.2) is 0 Å². The second-order valence-electron chi connectivity index (χ2n) is 5.20. The molecule has 0 aromatic carbocycles. The molecule has 3 unspecified atom stereocenters. The van der Waals surface area contributed by atoms with Gasteiger partial charge >= 0.3 is 5.97 Å². The second kappa shape index (κ2) is 10.1. The average Bonchev–Trinajstić information content (AvgIpc) is 2.36. The predicted octanol–water partition coefficient (Wildman–Crippen LogP) is 2.14. The molecule has 0 aromatic heterocycles. The maximum absolute atomic E-state index is 12.1. The fraction of sp³-hybridized carbons (Fsp3) is 0.933. The molecule has 5 heteroatoms. The molecule has 0 spiro atoms. The lowest BCUT2D eigenvalue weighted by atomic mass is 9.94. The van der Waals surface area contributed by atoms with Gasteiger partial charge in [-0.3, -0.25) is 4.79 Å². The van der Waals surface area contributed by atoms with Gasteiger partial charge in [-0.25, -0.2) is 0 Å². The number of hydrogen-bond donors (Lipinski definition) is 1. The molecule has 0 bridgehead atoms. The average molecular weight is 289 g/mol. The Labute approximate surface area is 123 Å². The van der Waals surface area contributed by atoms with Crippen LogP contribution in [0.25, 0.3) is 0 Å². The third-order valence-electron chi connectivity index (χ3n) is 3.01. The standard InChI is InChI=1S/C15H31NO4/c1-7-16-15(6,14(17)19-9-3)10-12(4)20-13(5)11-18-8-2/h12-13,16H,7-11H2,1-6H3. The summed E-state index contributed by atoms with van der Waals surface area (Å²) in [6.07, 6.45) is 0.521. The van der Waals surface area contributed by atoms with Crippen LogP contribution in [0.3, 0.4) is 0 Å². The van der Waals surface area contributed by atoms with E-state index in [1.54, 1.807) is 0 Å². The summed E-state index contributed by atoms with van der Waals surface area (Å²) in [6, 6.07) is 0. The highest BCUT2D eigenvalue weighted by molar-refractivity contribution is 5.80. The van der Waals surface area contributed by atoms with Gasteiger partial charge in [0.2, 0.25) is 0 Å². The van der Waals surface area contributed by atoms with Crippen LogP contribution in [-0.4, -0.2) is 50.1 Å². The molecule has 0 saturated heterocycles. The van der Waals surface area contributed by atoms with Gasteiger partial charge in [0.1, 0.15) is 5.54 Å². The smallest absolute Gasteiger partial charge is 0.326 e. The topological polar surface area (TPSA) is 56.8 Å². The minimum absolute atomic E-state index is 0.0121. The van der Waals surface area contributed by atoms with E-state index in [9.17, 15) is 4.79 Å². The van der Waals surface area contributed by atoms with Crippen molar-refractivity contribution in [2.24, 2.45) is 0 Å². The van der Waals surface area contributed by atoms with Crippen LogP contribution < -0.4 is 5.32 Å². The zero-order valence-corrected chi connectivity index (χ0v) is 13.8. The van der Waals surface area contributed by atoms with Crippen LogP contribution in [0.4, 0.5) is 0 Å². The zero-order valence-electron chi connectivity index (χ0n) is 13.8. The SMILES string of the molecule is CCNC(C)(CC(C)OC(C)COCC)C(=O)OCC. The molecule has 20 heavy (non-hydrogen) atoms. The van der Waals surface area contributed by atoms with E-state index in [-0.39, 0.29) is 18.2 Å². The number of carbonyl (C=O) groups is 1. The monoisotopic (exact) mass is 289 g/mol. The largest absolute Gasteiger partial charge is 0.465 e. The van der Waals surface area contributed by atoms with Gasteiger partial charge in [-0.2, -0.15) is 0 Å². The van der Waals surface area contributed by atoms with E-state index in [2.05, 4.69) is 5.32 Å². The van der Waals surface area contributed by atoms with Gasteiger partial charge in [0.25, 0.3) is 0 Å². The normalized spacial score (nSPS) is 17.3. The molecule has 0 saturated carbocycles. The van der Waals surface area contributed by atoms with Crippen molar-refractivity contribution >= 4 is 5.97 Å². The van der Waals surface area contributed by atoms with E-state index in [0.29, 0.717) is 32.8 Å². The first kappa shape index (κ1) is 19.4. The van der Waals surface area contributed by atoms with Crippen molar-refractivity contribution in [3.63, 3.8) is 0 Å². The molecule has 0 aliphatic rings. The number of likely N-dealkylation sites (N-methyl/N-ethyl adjacent to an activating group) is 1. The summed E-state index contributed by atoms with van der Waals surface area (Å²) < 4.78 is 16.3. The van der Waals surface area contributed by atoms with Crippen LogP contribution in [0.2, 0.25) is 0 Å². The molecule has 0 heterocycles. The van der Waals surface area contributed by atoms with E-state index in [1.807, 2.05) is 41.5 Å². The van der Waals surface area contributed by atoms with E-state index in [1.165, 1.54) is 0 Å². The van der Waals surface area contributed by atoms with Crippen molar-refractivity contribution in [3.05, 3.63) is 0 Å². The molecule has 0 rings (SSSR count). The number of rotatable bonds is 11. The molecule has 5 nitrogen and oxygen atoms in total. The van der Waals surface area contributed by atoms with Crippen molar-refractivity contribution in [2.45, 2.75) is 65.7 Å². The van der Waals surface area contributed by atoms with Crippen molar-refractivity contribution in [1.82, 2.24) is 5.32 Å². The van der Waals surface area contributed by atoms with Gasteiger partial charge in [0, 0.05) is 13.0 Å². The highest BCUT2D eigenvalue weighted by Crippen LogP contribution is 2.18. The first-order valence-electron chi connectivity index (χ1n) is 7.55. The highest BCUT2D eigenvalue weighted by Gasteiger charge is 2.35. The number of ether oxygens (including phenoxy) is 3. The Morgan fingerprint density at radius 3 is 2.30 bits per heavy atom. The van der Waals surface area contributed by atoms with E-state index < -0.39 is 5.54 Å². The lowest BCUT2D eigenvalue weighted by Gasteiger charge is -2.31. The predicted molar refractivity (Wildman–Crippen MR) is 79.8 cm³/mol. The zero-order chi connectivity index (χ0) is 15.6. The van der Waals surface area contributed by atoms with Crippen molar-refractivity contribution in [3.8, 4) is 0 Å². The van der Waals surface area contributed by atoms with Crippen LogP contribution in [0.5, 0.6) is 0 Å². The molecule has 1 N–H and O–H groups in total. The molecule has 0 amide bonds. The maximum Gasteiger partial charge on any atom is 0.326 e. The Morgan fingerprint density at radius 2 is 1.80 bits per heavy atom. The van der Waals surface area contributed by atoms with Crippen LogP contribution in [0, 0.1) is 0 Å². The quantitative estimate of drug-likeness (QED) is 0.591. The lowest BCUT2D eigenvalue weighted by molar-refractivity contribution is -0.153. The van der Waals surface area contributed by atoms with E-state index >= 15 is 0 Å². The third kappa shape index (κ3) is 7.22. The van der Waals surface area contributed by atoms with Crippen molar-refractivity contribution in [1.29, 1.82) is 0 Å². The number of nitrogens with one attached hydrogen (secondary N) is 1. The summed E-state index contributed by atoms with van der Waals surface area (Å²) >= 11 is 0. The van der Waals surface area contributed by atoms with Gasteiger partial charge in [-0.05, 0) is 41.2 Å². The third-order valence-corrected chi connectivity index (χ3v) is 3.01. The fourth-order valence-electron chi connectivity index (χ4n) is 2.25. The van der Waals surface area contributed by atoms with E-state index in [0.717, 1.165) is 0 Å². The number of hydrogen-bond acceptors (Lipinski definition) is 5. The summed E-state index contributed by atoms with van der Waals surface area (Å²) in [5.74, 6) is -0.227. The minimum atomic E-state index is -0.713. The van der Waals surface area contributed by atoms with Crippen LogP contribution in [-0.2, 0) is 19.0 Å². The first-order chi connectivity index (χ1) is 9.39. The molecule has 0 radical (unpaired) electrons. The molecular formula is C15H31NO4. The lowest BCUT2D eigenvalue weighted by Crippen LogP contribution is -2.52. The summed E-state index contributed by atoms with van der Waals surface area (Å²) in [5.41, 5.74) is -0.713. The van der Waals surface area contributed by atoms with Gasteiger partial charge in [-0.1, -0.05) is 6.92 Å². The Morgan fingerprint density at radius 1 is 1.15 bits per heavy atom. The Balaban J connectivity index is 4.45. The highest BCUT2D eigenvalue weighted by atomic mass is 16.5. The number of carbonyl (C=O) groups excluding carboxylic acids is 1. The van der Waals surface area contributed by atoms with E-state index in [4.69, 9.17) is 14.2 Å². The van der Waals surface area contributed by atoms with Gasteiger partial charge < -0.3 is 19.5 Å². The second-order valence-corrected chi connectivity index (χ2v) is 5.20. The molecule has 0 aliphatic heterocycles. The van der Waals surface area contributed by atoms with Crippen molar-refractivity contribution in [2.75, 3.05) is 26.4 Å². The molecular weight excluding hydrogens is 258 g/mol. The van der Waals surface area contributed by atoms with Gasteiger partial charge in [0.15, 0.2) is 0 Å². The first-order valence-corrected chi connectivity index (χ1v) is 7.55. The summed E-state index contributed by atoms with van der Waals surface area (Å²) in [6.45, 7) is 13.9. The van der Waals surface area contributed by atoms with Crippen molar-refractivity contribution < 1.29 is 19.0 Å². The Kier molecular flexibility index (Phi) is 9.80. The molecule has 0 aromatic rings. The van der Waals surface area contributed by atoms with Gasteiger partial charge in [-0.15, -0.1) is 0 Å². The van der Waals surface area contributed by atoms with Crippen LogP contribution >= 0.6 is 0 Å². The molecule has 3 atom stereocenters. The fourth-order valence-corrected chi connectivity index (χ4v) is 2.25. The number of esters is 1.